The molecule has 5 heteroatoms. The third kappa shape index (κ3) is 5.67. The molecule has 0 aliphatic carbocycles. The highest BCUT2D eigenvalue weighted by Gasteiger charge is 2.05. The first-order chi connectivity index (χ1) is 10.1. The number of benzene rings is 1. The van der Waals surface area contributed by atoms with Crippen molar-refractivity contribution in [2.24, 2.45) is 0 Å². The van der Waals surface area contributed by atoms with E-state index in [2.05, 4.69) is 22.5 Å². The van der Waals surface area contributed by atoms with Gasteiger partial charge in [-0.05, 0) is 19.7 Å². The van der Waals surface area contributed by atoms with Gasteiger partial charge in [-0.2, -0.15) is 5.10 Å². The van der Waals surface area contributed by atoms with Crippen molar-refractivity contribution in [1.29, 1.82) is 0 Å². The minimum Gasteiger partial charge on any atom is -0.390 e. The summed E-state index contributed by atoms with van der Waals surface area (Å²) in [6.07, 6.45) is 3.56. The number of aliphatic hydroxyl groups is 1. The van der Waals surface area contributed by atoms with E-state index >= 15 is 0 Å². The molecule has 21 heavy (non-hydrogen) atoms. The van der Waals surface area contributed by atoms with Gasteiger partial charge >= 0.3 is 0 Å². The number of aromatic nitrogens is 2. The average molecular weight is 288 g/mol. The third-order valence-electron chi connectivity index (χ3n) is 3.16. The molecule has 2 aromatic rings. The van der Waals surface area contributed by atoms with E-state index < -0.39 is 0 Å². The van der Waals surface area contributed by atoms with Gasteiger partial charge in [0.2, 0.25) is 0 Å². The normalized spacial score (nSPS) is 12.8. The second-order valence-corrected chi connectivity index (χ2v) is 5.58. The van der Waals surface area contributed by atoms with Crippen molar-refractivity contribution < 1.29 is 5.11 Å². The average Bonchev–Trinajstić information content (AvgIpc) is 2.86. The monoisotopic (exact) mass is 288 g/mol. The Balaban J connectivity index is 1.76. The molecule has 0 aliphatic heterocycles. The second-order valence-electron chi connectivity index (χ2n) is 5.58. The SMILES string of the molecule is CN(C)CC(O)CNCc1cnn(Cc2ccccc2)c1. The molecule has 0 amide bonds. The van der Waals surface area contributed by atoms with Crippen LogP contribution in [0, 0.1) is 0 Å². The van der Waals surface area contributed by atoms with E-state index in [4.69, 9.17) is 0 Å². The predicted octanol–water partition coefficient (Wildman–Crippen LogP) is 0.944. The summed E-state index contributed by atoms with van der Waals surface area (Å²) in [6, 6.07) is 10.3. The van der Waals surface area contributed by atoms with Gasteiger partial charge in [-0.1, -0.05) is 30.3 Å². The summed E-state index contributed by atoms with van der Waals surface area (Å²) in [5.74, 6) is 0. The smallest absolute Gasteiger partial charge is 0.0791 e. The zero-order valence-electron chi connectivity index (χ0n) is 12.7. The quantitative estimate of drug-likeness (QED) is 0.759. The largest absolute Gasteiger partial charge is 0.390 e. The Kier molecular flexibility index (Phi) is 5.92. The Hall–Kier alpha value is -1.69. The number of aliphatic hydroxyl groups excluding tert-OH is 1. The van der Waals surface area contributed by atoms with Crippen molar-refractivity contribution in [3.8, 4) is 0 Å². The van der Waals surface area contributed by atoms with Gasteiger partial charge in [-0.3, -0.25) is 4.68 Å². The number of likely N-dealkylation sites (N-methyl/N-ethyl adjacent to an activating group) is 1. The van der Waals surface area contributed by atoms with Crippen LogP contribution in [-0.2, 0) is 13.1 Å². The van der Waals surface area contributed by atoms with Crippen molar-refractivity contribution in [1.82, 2.24) is 20.0 Å². The molecular weight excluding hydrogens is 264 g/mol. The van der Waals surface area contributed by atoms with E-state index in [1.165, 1.54) is 5.56 Å². The molecule has 1 heterocycles. The lowest BCUT2D eigenvalue weighted by Crippen LogP contribution is -2.34. The Bertz CT molecular complexity index is 524. The van der Waals surface area contributed by atoms with Gasteiger partial charge < -0.3 is 15.3 Å². The van der Waals surface area contributed by atoms with E-state index in [-0.39, 0.29) is 6.10 Å². The molecule has 1 atom stereocenters. The molecule has 1 unspecified atom stereocenters. The summed E-state index contributed by atoms with van der Waals surface area (Å²) in [5.41, 5.74) is 2.37. The summed E-state index contributed by atoms with van der Waals surface area (Å²) >= 11 is 0. The molecule has 114 valence electrons. The highest BCUT2D eigenvalue weighted by atomic mass is 16.3. The number of nitrogens with zero attached hydrogens (tertiary/aromatic N) is 3. The Morgan fingerprint density at radius 1 is 1.24 bits per heavy atom. The topological polar surface area (TPSA) is 53.3 Å². The van der Waals surface area contributed by atoms with Crippen LogP contribution in [0.5, 0.6) is 0 Å². The molecule has 0 radical (unpaired) electrons. The Morgan fingerprint density at radius 2 is 2.00 bits per heavy atom. The van der Waals surface area contributed by atoms with Crippen LogP contribution in [0.4, 0.5) is 0 Å². The van der Waals surface area contributed by atoms with E-state index in [1.54, 1.807) is 0 Å². The molecule has 0 saturated heterocycles. The lowest BCUT2D eigenvalue weighted by molar-refractivity contribution is 0.134. The Morgan fingerprint density at radius 3 is 2.71 bits per heavy atom. The van der Waals surface area contributed by atoms with Crippen molar-refractivity contribution in [2.45, 2.75) is 19.2 Å². The van der Waals surface area contributed by atoms with Gasteiger partial charge in [-0.15, -0.1) is 0 Å². The summed E-state index contributed by atoms with van der Waals surface area (Å²) in [4.78, 5) is 1.98. The van der Waals surface area contributed by atoms with Gasteiger partial charge in [0, 0.05) is 31.4 Å². The molecule has 0 aliphatic rings. The molecule has 5 nitrogen and oxygen atoms in total. The zero-order valence-corrected chi connectivity index (χ0v) is 12.7. The van der Waals surface area contributed by atoms with Crippen molar-refractivity contribution >= 4 is 0 Å². The lowest BCUT2D eigenvalue weighted by Gasteiger charge is -2.16. The van der Waals surface area contributed by atoms with Gasteiger partial charge in [0.15, 0.2) is 0 Å². The van der Waals surface area contributed by atoms with Gasteiger partial charge in [0.05, 0.1) is 18.8 Å². The molecule has 2 N–H and O–H groups in total. The number of nitrogens with one attached hydrogen (secondary N) is 1. The highest BCUT2D eigenvalue weighted by Crippen LogP contribution is 2.03. The van der Waals surface area contributed by atoms with E-state index in [1.807, 2.05) is 54.3 Å². The maximum absolute atomic E-state index is 9.77. The van der Waals surface area contributed by atoms with Crippen molar-refractivity contribution in [2.75, 3.05) is 27.2 Å². The van der Waals surface area contributed by atoms with Crippen LogP contribution in [0.15, 0.2) is 42.7 Å². The van der Waals surface area contributed by atoms with Crippen LogP contribution in [-0.4, -0.2) is 53.1 Å². The van der Waals surface area contributed by atoms with Crippen LogP contribution in [0.3, 0.4) is 0 Å². The first kappa shape index (κ1) is 15.7. The fraction of sp³-hybridized carbons (Fsp3) is 0.438. The number of rotatable bonds is 8. The summed E-state index contributed by atoms with van der Waals surface area (Å²) in [6.45, 7) is 2.76. The standard InChI is InChI=1S/C16H24N4O/c1-19(2)13-16(21)10-17-8-15-9-18-20(12-15)11-14-6-4-3-5-7-14/h3-7,9,12,16-17,21H,8,10-11,13H2,1-2H3. The minimum absolute atomic E-state index is 0.348. The molecule has 0 fully saturated rings. The van der Waals surface area contributed by atoms with E-state index in [9.17, 15) is 5.11 Å². The molecule has 1 aromatic heterocycles. The molecule has 0 spiro atoms. The van der Waals surface area contributed by atoms with E-state index in [0.717, 1.165) is 18.7 Å². The third-order valence-corrected chi connectivity index (χ3v) is 3.16. The fourth-order valence-corrected chi connectivity index (χ4v) is 2.22. The van der Waals surface area contributed by atoms with Crippen LogP contribution >= 0.6 is 0 Å². The lowest BCUT2D eigenvalue weighted by atomic mass is 10.2. The van der Waals surface area contributed by atoms with E-state index in [0.29, 0.717) is 13.1 Å². The molecule has 0 bridgehead atoms. The Labute approximate surface area is 126 Å². The molecular formula is C16H24N4O. The van der Waals surface area contributed by atoms with Crippen molar-refractivity contribution in [3.05, 3.63) is 53.9 Å². The summed E-state index contributed by atoms with van der Waals surface area (Å²) < 4.78 is 1.93. The second kappa shape index (κ2) is 7.93. The molecule has 2 rings (SSSR count). The molecule has 1 aromatic carbocycles. The maximum Gasteiger partial charge on any atom is 0.0791 e. The minimum atomic E-state index is -0.348. The predicted molar refractivity (Wildman–Crippen MR) is 84.0 cm³/mol. The fourth-order valence-electron chi connectivity index (χ4n) is 2.22. The van der Waals surface area contributed by atoms with Gasteiger partial charge in [-0.25, -0.2) is 0 Å². The van der Waals surface area contributed by atoms with Crippen LogP contribution < -0.4 is 5.32 Å². The maximum atomic E-state index is 9.77. The number of hydrogen-bond donors (Lipinski definition) is 2. The highest BCUT2D eigenvalue weighted by molar-refractivity contribution is 5.15. The summed E-state index contributed by atoms with van der Waals surface area (Å²) in [7, 11) is 3.91. The van der Waals surface area contributed by atoms with Gasteiger partial charge in [0.25, 0.3) is 0 Å². The number of hydrogen-bond acceptors (Lipinski definition) is 4. The van der Waals surface area contributed by atoms with Crippen LogP contribution in [0.2, 0.25) is 0 Å². The van der Waals surface area contributed by atoms with Gasteiger partial charge in [0.1, 0.15) is 0 Å². The summed E-state index contributed by atoms with van der Waals surface area (Å²) in [5, 5.41) is 17.4. The van der Waals surface area contributed by atoms with Crippen LogP contribution in [0.1, 0.15) is 11.1 Å². The van der Waals surface area contributed by atoms with Crippen molar-refractivity contribution in [3.63, 3.8) is 0 Å². The first-order valence-corrected chi connectivity index (χ1v) is 7.22. The first-order valence-electron chi connectivity index (χ1n) is 7.22. The zero-order chi connectivity index (χ0) is 15.1. The molecule has 0 saturated carbocycles. The van der Waals surface area contributed by atoms with Crippen LogP contribution in [0.25, 0.3) is 0 Å².